The average Bonchev–Trinajstić information content (AvgIpc) is 1.98. The molecule has 0 saturated carbocycles. The van der Waals surface area contributed by atoms with Crippen LogP contribution in [0, 0.1) is 12.7 Å². The van der Waals surface area contributed by atoms with E-state index >= 15 is 0 Å². The van der Waals surface area contributed by atoms with Gasteiger partial charge in [0, 0.05) is 0 Å². The van der Waals surface area contributed by atoms with Gasteiger partial charge in [-0.3, -0.25) is 10.3 Å². The molecule has 1 N–H and O–H groups in total. The smallest absolute Gasteiger partial charge is 0.125 e. The van der Waals surface area contributed by atoms with Crippen LogP contribution in [0.1, 0.15) is 5.56 Å². The molecule has 0 fully saturated rings. The van der Waals surface area contributed by atoms with E-state index in [2.05, 4.69) is 10.3 Å². The van der Waals surface area contributed by atoms with Crippen molar-refractivity contribution in [3.63, 3.8) is 0 Å². The van der Waals surface area contributed by atoms with E-state index in [0.717, 1.165) is 5.56 Å². The van der Waals surface area contributed by atoms with Gasteiger partial charge >= 0.3 is 0 Å². The third-order valence-electron chi connectivity index (χ3n) is 1.41. The highest BCUT2D eigenvalue weighted by atomic mass is 19.1. The van der Waals surface area contributed by atoms with Gasteiger partial charge in [0.25, 0.3) is 0 Å². The third-order valence-corrected chi connectivity index (χ3v) is 1.41. The monoisotopic (exact) mass is 155 g/mol. The van der Waals surface area contributed by atoms with Crippen molar-refractivity contribution in [1.82, 2.24) is 0 Å². The Labute approximate surface area is 64.9 Å². The SMILES string of the molecule is CONc1cc(F)ccc1C. The summed E-state index contributed by atoms with van der Waals surface area (Å²) in [6.07, 6.45) is 0. The molecule has 1 aromatic carbocycles. The van der Waals surface area contributed by atoms with Crippen LogP contribution in [-0.2, 0) is 4.84 Å². The summed E-state index contributed by atoms with van der Waals surface area (Å²) in [7, 11) is 1.49. The number of halogens is 1. The molecule has 3 heteroatoms. The first-order chi connectivity index (χ1) is 5.24. The van der Waals surface area contributed by atoms with E-state index in [1.807, 2.05) is 6.92 Å². The Balaban J connectivity index is 2.93. The minimum absolute atomic E-state index is 0.268. The molecule has 60 valence electrons. The highest BCUT2D eigenvalue weighted by Crippen LogP contribution is 2.15. The van der Waals surface area contributed by atoms with E-state index in [4.69, 9.17) is 0 Å². The topological polar surface area (TPSA) is 21.3 Å². The number of rotatable bonds is 2. The predicted molar refractivity (Wildman–Crippen MR) is 41.8 cm³/mol. The lowest BCUT2D eigenvalue weighted by molar-refractivity contribution is 0.270. The van der Waals surface area contributed by atoms with Crippen LogP contribution in [0.25, 0.3) is 0 Å². The molecule has 0 spiro atoms. The van der Waals surface area contributed by atoms with Crippen molar-refractivity contribution in [3.8, 4) is 0 Å². The fourth-order valence-electron chi connectivity index (χ4n) is 0.814. The number of nitrogens with one attached hydrogen (secondary N) is 1. The van der Waals surface area contributed by atoms with Crippen molar-refractivity contribution < 1.29 is 9.23 Å². The van der Waals surface area contributed by atoms with E-state index in [1.165, 1.54) is 19.2 Å². The van der Waals surface area contributed by atoms with E-state index in [0.29, 0.717) is 5.69 Å². The van der Waals surface area contributed by atoms with E-state index in [1.54, 1.807) is 6.07 Å². The summed E-state index contributed by atoms with van der Waals surface area (Å²) >= 11 is 0. The summed E-state index contributed by atoms with van der Waals surface area (Å²) in [5.41, 5.74) is 4.19. The molecule has 0 aliphatic heterocycles. The lowest BCUT2D eigenvalue weighted by Gasteiger charge is -2.05. The molecule has 2 nitrogen and oxygen atoms in total. The highest BCUT2D eigenvalue weighted by molar-refractivity contribution is 5.48. The van der Waals surface area contributed by atoms with Crippen molar-refractivity contribution in [2.75, 3.05) is 12.6 Å². The van der Waals surface area contributed by atoms with E-state index < -0.39 is 0 Å². The molecule has 0 heterocycles. The fraction of sp³-hybridized carbons (Fsp3) is 0.250. The molecule has 11 heavy (non-hydrogen) atoms. The Morgan fingerprint density at radius 3 is 2.82 bits per heavy atom. The van der Waals surface area contributed by atoms with Crippen LogP contribution in [0.4, 0.5) is 10.1 Å². The Hall–Kier alpha value is -1.09. The number of benzene rings is 1. The summed E-state index contributed by atoms with van der Waals surface area (Å²) in [5.74, 6) is -0.268. The van der Waals surface area contributed by atoms with Gasteiger partial charge in [0.1, 0.15) is 5.82 Å². The van der Waals surface area contributed by atoms with Gasteiger partial charge < -0.3 is 0 Å². The average molecular weight is 155 g/mol. The van der Waals surface area contributed by atoms with Gasteiger partial charge in [-0.15, -0.1) is 0 Å². The van der Waals surface area contributed by atoms with Crippen LogP contribution in [0.5, 0.6) is 0 Å². The van der Waals surface area contributed by atoms with Gasteiger partial charge in [-0.2, -0.15) is 0 Å². The van der Waals surface area contributed by atoms with Gasteiger partial charge in [0.15, 0.2) is 0 Å². The van der Waals surface area contributed by atoms with Crippen LogP contribution in [0.3, 0.4) is 0 Å². The van der Waals surface area contributed by atoms with Gasteiger partial charge in [0.05, 0.1) is 12.8 Å². The lowest BCUT2D eigenvalue weighted by atomic mass is 10.2. The summed E-state index contributed by atoms with van der Waals surface area (Å²) in [6, 6.07) is 4.49. The van der Waals surface area contributed by atoms with Crippen molar-refractivity contribution >= 4 is 5.69 Å². The molecule has 1 rings (SSSR count). The first-order valence-corrected chi connectivity index (χ1v) is 3.29. The van der Waals surface area contributed by atoms with Crippen molar-refractivity contribution in [1.29, 1.82) is 0 Å². The highest BCUT2D eigenvalue weighted by Gasteiger charge is 1.97. The second kappa shape index (κ2) is 3.34. The zero-order chi connectivity index (χ0) is 8.27. The fourth-order valence-corrected chi connectivity index (χ4v) is 0.814. The van der Waals surface area contributed by atoms with Gasteiger partial charge in [-0.25, -0.2) is 4.39 Å². The molecule has 0 atom stereocenters. The lowest BCUT2D eigenvalue weighted by Crippen LogP contribution is -1.97. The van der Waals surface area contributed by atoms with Gasteiger partial charge in [0.2, 0.25) is 0 Å². The summed E-state index contributed by atoms with van der Waals surface area (Å²) in [4.78, 5) is 4.65. The van der Waals surface area contributed by atoms with Crippen LogP contribution < -0.4 is 5.48 Å². The summed E-state index contributed by atoms with van der Waals surface area (Å²) < 4.78 is 12.6. The number of hydrogen-bond acceptors (Lipinski definition) is 2. The van der Waals surface area contributed by atoms with Gasteiger partial charge in [-0.05, 0) is 24.6 Å². The first-order valence-electron chi connectivity index (χ1n) is 3.29. The van der Waals surface area contributed by atoms with E-state index in [9.17, 15) is 4.39 Å². The molecule has 0 radical (unpaired) electrons. The molecule has 0 saturated heterocycles. The number of hydrogen-bond donors (Lipinski definition) is 1. The van der Waals surface area contributed by atoms with Gasteiger partial charge in [-0.1, -0.05) is 6.07 Å². The molecule has 0 amide bonds. The maximum Gasteiger partial charge on any atom is 0.125 e. The molecule has 0 aromatic heterocycles. The van der Waals surface area contributed by atoms with E-state index in [-0.39, 0.29) is 5.82 Å². The maximum absolute atomic E-state index is 12.6. The maximum atomic E-state index is 12.6. The Morgan fingerprint density at radius 1 is 1.45 bits per heavy atom. The van der Waals surface area contributed by atoms with Crippen LogP contribution in [0.2, 0.25) is 0 Å². The minimum atomic E-state index is -0.268. The molecule has 1 aromatic rings. The van der Waals surface area contributed by atoms with Crippen LogP contribution >= 0.6 is 0 Å². The minimum Gasteiger partial charge on any atom is -0.279 e. The molecular formula is C8H10FNO. The zero-order valence-electron chi connectivity index (χ0n) is 6.52. The molecule has 0 unspecified atom stereocenters. The third kappa shape index (κ3) is 1.91. The molecule has 0 bridgehead atoms. The second-order valence-electron chi connectivity index (χ2n) is 2.27. The number of aryl methyl sites for hydroxylation is 1. The largest absolute Gasteiger partial charge is 0.279 e. The van der Waals surface area contributed by atoms with Crippen LogP contribution in [-0.4, -0.2) is 7.11 Å². The zero-order valence-corrected chi connectivity index (χ0v) is 6.52. The molecular weight excluding hydrogens is 145 g/mol. The van der Waals surface area contributed by atoms with Crippen LogP contribution in [0.15, 0.2) is 18.2 Å². The molecule has 0 aliphatic rings. The molecule has 0 aliphatic carbocycles. The summed E-state index contributed by atoms with van der Waals surface area (Å²) in [6.45, 7) is 1.88. The number of anilines is 1. The standard InChI is InChI=1S/C8H10FNO/c1-6-3-4-7(9)5-8(6)10-11-2/h3-5,10H,1-2H3. The Bertz CT molecular complexity index is 250. The second-order valence-corrected chi connectivity index (χ2v) is 2.27. The van der Waals surface area contributed by atoms with Crippen molar-refractivity contribution in [2.45, 2.75) is 6.92 Å². The predicted octanol–water partition coefficient (Wildman–Crippen LogP) is 2.11. The Kier molecular flexibility index (Phi) is 2.44. The van der Waals surface area contributed by atoms with Crippen molar-refractivity contribution in [2.24, 2.45) is 0 Å². The normalized spacial score (nSPS) is 9.73. The summed E-state index contributed by atoms with van der Waals surface area (Å²) in [5, 5.41) is 0. The quantitative estimate of drug-likeness (QED) is 0.660. The Morgan fingerprint density at radius 2 is 2.18 bits per heavy atom. The first kappa shape index (κ1) is 8.01. The van der Waals surface area contributed by atoms with Crippen molar-refractivity contribution in [3.05, 3.63) is 29.6 Å².